The SMILES string of the molecule is CC(C)(C)OC(=O)N1CCN(Cc2ccc(Br)c(Cl)c2F)CC1. The second-order valence-electron chi connectivity index (χ2n) is 6.58. The summed E-state index contributed by atoms with van der Waals surface area (Å²) in [6.07, 6.45) is -0.296. The molecule has 1 heterocycles. The van der Waals surface area contributed by atoms with Crippen LogP contribution in [0.3, 0.4) is 0 Å². The number of halogens is 3. The van der Waals surface area contributed by atoms with E-state index in [9.17, 15) is 9.18 Å². The van der Waals surface area contributed by atoms with Crippen molar-refractivity contribution in [1.82, 2.24) is 9.80 Å². The summed E-state index contributed by atoms with van der Waals surface area (Å²) in [5, 5.41) is 0.106. The van der Waals surface area contributed by atoms with Gasteiger partial charge in [-0.15, -0.1) is 0 Å². The van der Waals surface area contributed by atoms with Gasteiger partial charge in [0.1, 0.15) is 11.4 Å². The third-order valence-electron chi connectivity index (χ3n) is 3.53. The maximum Gasteiger partial charge on any atom is 0.410 e. The van der Waals surface area contributed by atoms with Crippen molar-refractivity contribution >= 4 is 33.6 Å². The van der Waals surface area contributed by atoms with E-state index < -0.39 is 11.4 Å². The van der Waals surface area contributed by atoms with E-state index in [1.54, 1.807) is 17.0 Å². The Morgan fingerprint density at radius 2 is 1.91 bits per heavy atom. The van der Waals surface area contributed by atoms with Gasteiger partial charge in [0.2, 0.25) is 0 Å². The molecule has 23 heavy (non-hydrogen) atoms. The average Bonchev–Trinajstić information content (AvgIpc) is 2.47. The van der Waals surface area contributed by atoms with Gasteiger partial charge >= 0.3 is 6.09 Å². The minimum Gasteiger partial charge on any atom is -0.444 e. The first-order valence-corrected chi connectivity index (χ1v) is 8.67. The number of nitrogens with zero attached hydrogens (tertiary/aromatic N) is 2. The highest BCUT2D eigenvalue weighted by Crippen LogP contribution is 2.28. The van der Waals surface area contributed by atoms with Crippen molar-refractivity contribution in [2.75, 3.05) is 26.2 Å². The van der Waals surface area contributed by atoms with Gasteiger partial charge in [-0.25, -0.2) is 9.18 Å². The molecule has 0 aromatic heterocycles. The van der Waals surface area contributed by atoms with Crippen molar-refractivity contribution in [3.8, 4) is 0 Å². The molecule has 128 valence electrons. The summed E-state index contributed by atoms with van der Waals surface area (Å²) in [4.78, 5) is 15.8. The molecule has 0 saturated carbocycles. The first-order valence-electron chi connectivity index (χ1n) is 7.50. The smallest absolute Gasteiger partial charge is 0.410 e. The van der Waals surface area contributed by atoms with Crippen molar-refractivity contribution < 1.29 is 13.9 Å². The van der Waals surface area contributed by atoms with Gasteiger partial charge < -0.3 is 9.64 Å². The summed E-state index contributed by atoms with van der Waals surface area (Å²) < 4.78 is 20.1. The zero-order chi connectivity index (χ0) is 17.2. The number of ether oxygens (including phenoxy) is 1. The quantitative estimate of drug-likeness (QED) is 0.686. The first kappa shape index (κ1) is 18.5. The molecule has 4 nitrogen and oxygen atoms in total. The highest BCUT2D eigenvalue weighted by atomic mass is 79.9. The number of amides is 1. The number of carbonyl (C=O) groups is 1. The van der Waals surface area contributed by atoms with Crippen molar-refractivity contribution in [1.29, 1.82) is 0 Å². The number of hydrogen-bond donors (Lipinski definition) is 0. The van der Waals surface area contributed by atoms with Crippen LogP contribution >= 0.6 is 27.5 Å². The molecule has 1 amide bonds. The lowest BCUT2D eigenvalue weighted by Gasteiger charge is -2.35. The molecule has 0 spiro atoms. The Labute approximate surface area is 149 Å². The van der Waals surface area contributed by atoms with Crippen LogP contribution in [0.5, 0.6) is 0 Å². The van der Waals surface area contributed by atoms with Crippen LogP contribution in [0.15, 0.2) is 16.6 Å². The lowest BCUT2D eigenvalue weighted by atomic mass is 10.2. The predicted molar refractivity (Wildman–Crippen MR) is 92.2 cm³/mol. The molecular formula is C16H21BrClFN2O2. The summed E-state index contributed by atoms with van der Waals surface area (Å²) in [5.74, 6) is -0.393. The second kappa shape index (κ2) is 7.36. The van der Waals surface area contributed by atoms with Crippen molar-refractivity contribution in [2.45, 2.75) is 32.9 Å². The molecule has 1 saturated heterocycles. The average molecular weight is 408 g/mol. The minimum atomic E-state index is -0.495. The monoisotopic (exact) mass is 406 g/mol. The Morgan fingerprint density at radius 1 is 1.30 bits per heavy atom. The third-order valence-corrected chi connectivity index (χ3v) is 4.79. The molecule has 0 radical (unpaired) electrons. The molecule has 1 aromatic carbocycles. The molecule has 2 rings (SSSR count). The van der Waals surface area contributed by atoms with Gasteiger partial charge in [-0.05, 0) is 42.8 Å². The van der Waals surface area contributed by atoms with E-state index in [0.29, 0.717) is 42.8 Å². The van der Waals surface area contributed by atoms with Gasteiger partial charge in [0.15, 0.2) is 0 Å². The lowest BCUT2D eigenvalue weighted by Crippen LogP contribution is -2.49. The van der Waals surface area contributed by atoms with Gasteiger partial charge in [-0.1, -0.05) is 17.7 Å². The van der Waals surface area contributed by atoms with E-state index >= 15 is 0 Å². The highest BCUT2D eigenvalue weighted by Gasteiger charge is 2.26. The Morgan fingerprint density at radius 3 is 2.48 bits per heavy atom. The zero-order valence-electron chi connectivity index (χ0n) is 13.5. The summed E-state index contributed by atoms with van der Waals surface area (Å²) >= 11 is 9.13. The van der Waals surface area contributed by atoms with E-state index in [2.05, 4.69) is 20.8 Å². The van der Waals surface area contributed by atoms with Crippen LogP contribution in [-0.4, -0.2) is 47.7 Å². The number of hydrogen-bond acceptors (Lipinski definition) is 3. The molecule has 1 fully saturated rings. The highest BCUT2D eigenvalue weighted by molar-refractivity contribution is 9.10. The summed E-state index contributed by atoms with van der Waals surface area (Å²) in [6, 6.07) is 3.48. The van der Waals surface area contributed by atoms with E-state index in [0.717, 1.165) is 0 Å². The molecule has 0 N–H and O–H groups in total. The largest absolute Gasteiger partial charge is 0.444 e. The van der Waals surface area contributed by atoms with Crippen LogP contribution in [-0.2, 0) is 11.3 Å². The van der Waals surface area contributed by atoms with Gasteiger partial charge in [-0.2, -0.15) is 0 Å². The molecule has 0 unspecified atom stereocenters. The van der Waals surface area contributed by atoms with Crippen LogP contribution in [0.25, 0.3) is 0 Å². The summed E-state index contributed by atoms with van der Waals surface area (Å²) in [7, 11) is 0. The molecule has 0 bridgehead atoms. The normalized spacial score (nSPS) is 16.5. The molecule has 1 aliphatic heterocycles. The van der Waals surface area contributed by atoms with Crippen LogP contribution in [0.2, 0.25) is 5.02 Å². The van der Waals surface area contributed by atoms with Crippen LogP contribution < -0.4 is 0 Å². The van der Waals surface area contributed by atoms with Crippen LogP contribution in [0.4, 0.5) is 9.18 Å². The fourth-order valence-electron chi connectivity index (χ4n) is 2.34. The molecule has 7 heteroatoms. The number of carbonyl (C=O) groups excluding carboxylic acids is 1. The van der Waals surface area contributed by atoms with Crippen molar-refractivity contribution in [3.05, 3.63) is 33.0 Å². The van der Waals surface area contributed by atoms with Crippen molar-refractivity contribution in [2.24, 2.45) is 0 Å². The second-order valence-corrected chi connectivity index (χ2v) is 7.81. The number of piperazine rings is 1. The van der Waals surface area contributed by atoms with Gasteiger partial charge in [0.25, 0.3) is 0 Å². The maximum atomic E-state index is 14.1. The van der Waals surface area contributed by atoms with Gasteiger partial charge in [0, 0.05) is 42.8 Å². The molecular weight excluding hydrogens is 387 g/mol. The summed E-state index contributed by atoms with van der Waals surface area (Å²) in [5.41, 5.74) is 0.0647. The molecule has 0 aliphatic carbocycles. The molecule has 1 aromatic rings. The molecule has 1 aliphatic rings. The predicted octanol–water partition coefficient (Wildman–Crippen LogP) is 4.29. The Balaban J connectivity index is 1.90. The fourth-order valence-corrected chi connectivity index (χ4v) is 2.83. The third kappa shape index (κ3) is 5.06. The van der Waals surface area contributed by atoms with Crippen LogP contribution in [0, 0.1) is 5.82 Å². The maximum absolute atomic E-state index is 14.1. The van der Waals surface area contributed by atoms with Gasteiger partial charge in [0.05, 0.1) is 5.02 Å². The Hall–Kier alpha value is -0.850. The van der Waals surface area contributed by atoms with Gasteiger partial charge in [-0.3, -0.25) is 4.90 Å². The van der Waals surface area contributed by atoms with Crippen molar-refractivity contribution in [3.63, 3.8) is 0 Å². The van der Waals surface area contributed by atoms with E-state index in [1.807, 2.05) is 20.8 Å². The zero-order valence-corrected chi connectivity index (χ0v) is 15.9. The summed E-state index contributed by atoms with van der Waals surface area (Å²) in [6.45, 7) is 8.50. The standard InChI is InChI=1S/C16H21BrClFN2O2/c1-16(2,3)23-15(22)21-8-6-20(7-9-21)10-11-4-5-12(17)13(18)14(11)19/h4-5H,6-10H2,1-3H3. The fraction of sp³-hybridized carbons (Fsp3) is 0.562. The number of rotatable bonds is 2. The van der Waals surface area contributed by atoms with E-state index in [1.165, 1.54) is 0 Å². The van der Waals surface area contributed by atoms with E-state index in [-0.39, 0.29) is 11.1 Å². The Bertz CT molecular complexity index is 584. The van der Waals surface area contributed by atoms with E-state index in [4.69, 9.17) is 16.3 Å². The number of benzene rings is 1. The topological polar surface area (TPSA) is 32.8 Å². The first-order chi connectivity index (χ1) is 10.7. The lowest BCUT2D eigenvalue weighted by molar-refractivity contribution is 0.0138. The minimum absolute atomic E-state index is 0.106. The Kier molecular flexibility index (Phi) is 5.92. The molecule has 0 atom stereocenters. The van der Waals surface area contributed by atoms with Crippen LogP contribution in [0.1, 0.15) is 26.3 Å².